The third kappa shape index (κ3) is 5.20. The zero-order chi connectivity index (χ0) is 21.5. The molecule has 3 rings (SSSR count). The summed E-state index contributed by atoms with van der Waals surface area (Å²) in [6, 6.07) is 10.8. The minimum atomic E-state index is -0.283. The second-order valence-electron chi connectivity index (χ2n) is 6.18. The Morgan fingerprint density at radius 1 is 1.17 bits per heavy atom. The maximum Gasteiger partial charge on any atom is 0.240 e. The van der Waals surface area contributed by atoms with Crippen molar-refractivity contribution in [2.24, 2.45) is 5.10 Å². The lowest BCUT2D eigenvalue weighted by Crippen LogP contribution is -2.17. The molecule has 10 nitrogen and oxygen atoms in total. The fraction of sp³-hybridized carbons (Fsp3) is 0.158. The Labute approximate surface area is 176 Å². The maximum atomic E-state index is 11.9. The molecular weight excluding hydrogens is 408 g/mol. The summed E-state index contributed by atoms with van der Waals surface area (Å²) in [5.74, 6) is 6.51. The third-order valence-electron chi connectivity index (χ3n) is 4.00. The van der Waals surface area contributed by atoms with E-state index in [1.165, 1.54) is 40.9 Å². The number of phenolic OH excluding ortho intramolecular Hbond substituents is 3. The van der Waals surface area contributed by atoms with Gasteiger partial charge in [0, 0.05) is 23.8 Å². The zero-order valence-electron chi connectivity index (χ0n) is 15.8. The molecule has 11 heteroatoms. The predicted molar refractivity (Wildman–Crippen MR) is 113 cm³/mol. The normalized spacial score (nSPS) is 11.1. The molecule has 0 atom stereocenters. The second-order valence-corrected chi connectivity index (χ2v) is 7.24. The van der Waals surface area contributed by atoms with E-state index in [-0.39, 0.29) is 29.6 Å². The van der Waals surface area contributed by atoms with Crippen molar-refractivity contribution < 1.29 is 20.1 Å². The van der Waals surface area contributed by atoms with Crippen LogP contribution in [0.3, 0.4) is 0 Å². The first-order valence-electron chi connectivity index (χ1n) is 8.91. The molecule has 1 aromatic heterocycles. The van der Waals surface area contributed by atoms with Gasteiger partial charge in [-0.2, -0.15) is 5.10 Å². The molecule has 156 valence electrons. The average molecular weight is 428 g/mol. The Balaban J connectivity index is 1.44. The minimum absolute atomic E-state index is 0.0611. The fourth-order valence-corrected chi connectivity index (χ4v) is 3.28. The van der Waals surface area contributed by atoms with E-state index in [0.717, 1.165) is 0 Å². The molecule has 30 heavy (non-hydrogen) atoms. The van der Waals surface area contributed by atoms with E-state index >= 15 is 0 Å². The van der Waals surface area contributed by atoms with Crippen LogP contribution in [0.25, 0.3) is 11.4 Å². The highest BCUT2D eigenvalue weighted by molar-refractivity contribution is 7.99. The summed E-state index contributed by atoms with van der Waals surface area (Å²) >= 11 is 1.34. The molecule has 0 saturated heterocycles. The molecule has 1 amide bonds. The standard InChI is InChI=1S/C19H20N6O4S/c20-25-18(14-4-1-2-5-15(14)27)23-24-19(25)30-9-3-6-17(29)22-21-11-12-7-8-13(26)10-16(12)28/h1-2,4-5,7-8,10-11,26-28H,3,6,9,20H2,(H,22,29)/b21-11-. The number of nitrogens with one attached hydrogen (secondary N) is 1. The van der Waals surface area contributed by atoms with Crippen LogP contribution in [0.5, 0.6) is 17.2 Å². The van der Waals surface area contributed by atoms with Gasteiger partial charge in [0.15, 0.2) is 5.82 Å². The number of para-hydroxylation sites is 1. The summed E-state index contributed by atoms with van der Waals surface area (Å²) in [6.07, 6.45) is 2.07. The molecule has 0 aliphatic carbocycles. The molecule has 0 aliphatic heterocycles. The second kappa shape index (κ2) is 9.65. The van der Waals surface area contributed by atoms with Gasteiger partial charge in [-0.15, -0.1) is 10.2 Å². The molecule has 0 saturated carbocycles. The van der Waals surface area contributed by atoms with Crippen LogP contribution in [0.1, 0.15) is 18.4 Å². The lowest BCUT2D eigenvalue weighted by Gasteiger charge is -2.05. The fourth-order valence-electron chi connectivity index (χ4n) is 2.49. The summed E-state index contributed by atoms with van der Waals surface area (Å²) in [5.41, 5.74) is 3.23. The van der Waals surface area contributed by atoms with Gasteiger partial charge >= 0.3 is 0 Å². The first kappa shape index (κ1) is 21.0. The van der Waals surface area contributed by atoms with Crippen LogP contribution in [0, 0.1) is 0 Å². The zero-order valence-corrected chi connectivity index (χ0v) is 16.6. The SMILES string of the molecule is Nn1c(SCCCC(=O)N/N=C\c2ccc(O)cc2O)nnc1-c1ccccc1O. The van der Waals surface area contributed by atoms with Crippen molar-refractivity contribution in [3.8, 4) is 28.6 Å². The smallest absolute Gasteiger partial charge is 0.240 e. The van der Waals surface area contributed by atoms with Crippen molar-refractivity contribution in [2.45, 2.75) is 18.0 Å². The molecule has 1 heterocycles. The molecule has 0 aliphatic rings. The topological polar surface area (TPSA) is 159 Å². The summed E-state index contributed by atoms with van der Waals surface area (Å²) in [5, 5.41) is 41.1. The van der Waals surface area contributed by atoms with Crippen LogP contribution < -0.4 is 11.3 Å². The van der Waals surface area contributed by atoms with Crippen molar-refractivity contribution in [3.63, 3.8) is 0 Å². The van der Waals surface area contributed by atoms with Gasteiger partial charge in [-0.1, -0.05) is 23.9 Å². The van der Waals surface area contributed by atoms with Crippen LogP contribution in [0.4, 0.5) is 0 Å². The Morgan fingerprint density at radius 2 is 1.97 bits per heavy atom. The number of carbonyl (C=O) groups is 1. The van der Waals surface area contributed by atoms with E-state index in [2.05, 4.69) is 20.7 Å². The summed E-state index contributed by atoms with van der Waals surface area (Å²) in [6.45, 7) is 0. The Kier molecular flexibility index (Phi) is 6.75. The predicted octanol–water partition coefficient (Wildman–Crippen LogP) is 1.80. The summed E-state index contributed by atoms with van der Waals surface area (Å²) < 4.78 is 1.30. The van der Waals surface area contributed by atoms with Gasteiger partial charge in [0.25, 0.3) is 0 Å². The number of carbonyl (C=O) groups excluding carboxylic acids is 1. The third-order valence-corrected chi connectivity index (χ3v) is 5.03. The van der Waals surface area contributed by atoms with Crippen molar-refractivity contribution in [1.29, 1.82) is 0 Å². The molecular formula is C19H20N6O4S. The van der Waals surface area contributed by atoms with E-state index in [0.29, 0.717) is 34.3 Å². The van der Waals surface area contributed by atoms with Crippen molar-refractivity contribution in [1.82, 2.24) is 20.3 Å². The molecule has 6 N–H and O–H groups in total. The Hall–Kier alpha value is -3.73. The molecule has 0 bridgehead atoms. The van der Waals surface area contributed by atoms with E-state index in [4.69, 9.17) is 5.84 Å². The number of hydrogen-bond acceptors (Lipinski definition) is 9. The van der Waals surface area contributed by atoms with E-state index in [9.17, 15) is 20.1 Å². The van der Waals surface area contributed by atoms with Gasteiger partial charge in [-0.25, -0.2) is 10.1 Å². The van der Waals surface area contributed by atoms with Crippen molar-refractivity contribution >= 4 is 23.9 Å². The minimum Gasteiger partial charge on any atom is -0.508 e. The molecule has 2 aromatic carbocycles. The number of amides is 1. The van der Waals surface area contributed by atoms with E-state index in [1.54, 1.807) is 24.3 Å². The number of nitrogens with zero attached hydrogens (tertiary/aromatic N) is 4. The summed E-state index contributed by atoms with van der Waals surface area (Å²) in [4.78, 5) is 11.9. The number of benzene rings is 2. The van der Waals surface area contributed by atoms with Gasteiger partial charge in [0.1, 0.15) is 17.2 Å². The highest BCUT2D eigenvalue weighted by atomic mass is 32.2. The highest BCUT2D eigenvalue weighted by Crippen LogP contribution is 2.28. The van der Waals surface area contributed by atoms with Crippen LogP contribution in [0.15, 0.2) is 52.7 Å². The molecule has 0 fully saturated rings. The maximum absolute atomic E-state index is 11.9. The van der Waals surface area contributed by atoms with E-state index in [1.807, 2.05) is 0 Å². The number of hydrogen-bond donors (Lipinski definition) is 5. The molecule has 0 spiro atoms. The summed E-state index contributed by atoms with van der Waals surface area (Å²) in [7, 11) is 0. The number of hydrazone groups is 1. The first-order chi connectivity index (χ1) is 14.5. The number of rotatable bonds is 8. The Bertz CT molecular complexity index is 1070. The molecule has 0 radical (unpaired) electrons. The number of nitrogens with two attached hydrogens (primary N) is 1. The van der Waals surface area contributed by atoms with Gasteiger partial charge in [0.05, 0.1) is 11.8 Å². The van der Waals surface area contributed by atoms with E-state index < -0.39 is 0 Å². The first-order valence-corrected chi connectivity index (χ1v) is 9.90. The van der Waals surface area contributed by atoms with Crippen LogP contribution in [0.2, 0.25) is 0 Å². The highest BCUT2D eigenvalue weighted by Gasteiger charge is 2.14. The average Bonchev–Trinajstić information content (AvgIpc) is 3.07. The number of aromatic nitrogens is 3. The largest absolute Gasteiger partial charge is 0.508 e. The number of nitrogen functional groups attached to an aromatic ring is 1. The van der Waals surface area contributed by atoms with Crippen LogP contribution >= 0.6 is 11.8 Å². The lowest BCUT2D eigenvalue weighted by molar-refractivity contribution is -0.121. The molecule has 0 unspecified atom stereocenters. The van der Waals surface area contributed by atoms with Crippen molar-refractivity contribution in [2.75, 3.05) is 11.6 Å². The monoisotopic (exact) mass is 428 g/mol. The lowest BCUT2D eigenvalue weighted by atomic mass is 10.2. The quantitative estimate of drug-likeness (QED) is 0.119. The van der Waals surface area contributed by atoms with Gasteiger partial charge in [0.2, 0.25) is 11.1 Å². The van der Waals surface area contributed by atoms with Gasteiger partial charge in [-0.3, -0.25) is 4.79 Å². The number of thioether (sulfide) groups is 1. The number of phenols is 3. The molecule has 3 aromatic rings. The Morgan fingerprint density at radius 3 is 2.73 bits per heavy atom. The van der Waals surface area contributed by atoms with Crippen LogP contribution in [-0.4, -0.2) is 48.1 Å². The number of aromatic hydroxyl groups is 3. The van der Waals surface area contributed by atoms with Gasteiger partial charge in [-0.05, 0) is 30.7 Å². The van der Waals surface area contributed by atoms with Crippen LogP contribution in [-0.2, 0) is 4.79 Å². The van der Waals surface area contributed by atoms with Crippen molar-refractivity contribution in [3.05, 3.63) is 48.0 Å². The van der Waals surface area contributed by atoms with Gasteiger partial charge < -0.3 is 21.2 Å².